The van der Waals surface area contributed by atoms with Gasteiger partial charge in [-0.25, -0.2) is 10.2 Å². The highest BCUT2D eigenvalue weighted by Crippen LogP contribution is 2.17. The third-order valence-electron chi connectivity index (χ3n) is 4.15. The molecule has 0 amide bonds. The first-order valence-corrected chi connectivity index (χ1v) is 8.74. The van der Waals surface area contributed by atoms with Gasteiger partial charge < -0.3 is 5.11 Å². The molecule has 1 aromatic carbocycles. The number of aromatic hydroxyl groups is 1. The molecule has 0 unspecified atom stereocenters. The predicted molar refractivity (Wildman–Crippen MR) is 109 cm³/mol. The van der Waals surface area contributed by atoms with Crippen molar-refractivity contribution < 1.29 is 5.11 Å². The number of imidazole rings is 1. The summed E-state index contributed by atoms with van der Waals surface area (Å²) < 4.78 is 3.93. The lowest BCUT2D eigenvalue weighted by Crippen LogP contribution is -2.37. The molecule has 146 valence electrons. The maximum absolute atomic E-state index is 12.7. The summed E-state index contributed by atoms with van der Waals surface area (Å²) in [5, 5.41) is 14.2. The fraction of sp³-hybridized carbons (Fsp3) is 0.222. The molecule has 2 N–H and O–H groups in total. The molecule has 2 heterocycles. The molecule has 0 bridgehead atoms. The second-order valence-electron chi connectivity index (χ2n) is 6.18. The van der Waals surface area contributed by atoms with Crippen molar-refractivity contribution in [3.05, 3.63) is 61.8 Å². The molecule has 0 aliphatic rings. The fourth-order valence-electron chi connectivity index (χ4n) is 2.70. The van der Waals surface area contributed by atoms with Gasteiger partial charge in [-0.1, -0.05) is 29.8 Å². The highest BCUT2D eigenvalue weighted by atomic mass is 35.5. The van der Waals surface area contributed by atoms with Crippen molar-refractivity contribution in [1.29, 1.82) is 0 Å². The lowest BCUT2D eigenvalue weighted by Gasteiger charge is -2.07. The number of phenols is 1. The number of phenolic OH excluding ortho intramolecular Hbond substituents is 1. The molecule has 0 fully saturated rings. The predicted octanol–water partition coefficient (Wildman–Crippen LogP) is 1.73. The van der Waals surface area contributed by atoms with E-state index < -0.39 is 11.2 Å². The van der Waals surface area contributed by atoms with Crippen LogP contribution in [0.25, 0.3) is 11.2 Å². The highest BCUT2D eigenvalue weighted by molar-refractivity contribution is 6.29. The number of allylic oxidation sites excluding steroid dienone is 2. The van der Waals surface area contributed by atoms with E-state index in [-0.39, 0.29) is 29.4 Å². The van der Waals surface area contributed by atoms with Crippen LogP contribution < -0.4 is 16.7 Å². The van der Waals surface area contributed by atoms with Crippen molar-refractivity contribution in [1.82, 2.24) is 18.7 Å². The summed E-state index contributed by atoms with van der Waals surface area (Å²) in [6, 6.07) is 6.57. The molecule has 28 heavy (non-hydrogen) atoms. The lowest BCUT2D eigenvalue weighted by molar-refractivity contribution is 0.475. The zero-order valence-corrected chi connectivity index (χ0v) is 16.3. The van der Waals surface area contributed by atoms with Crippen molar-refractivity contribution >= 4 is 34.9 Å². The van der Waals surface area contributed by atoms with Gasteiger partial charge in [0.25, 0.3) is 5.56 Å². The Labute approximate surface area is 164 Å². The molecule has 0 atom stereocenters. The van der Waals surface area contributed by atoms with Crippen molar-refractivity contribution in [2.24, 2.45) is 19.2 Å². The third kappa shape index (κ3) is 3.70. The van der Waals surface area contributed by atoms with E-state index in [4.69, 9.17) is 11.6 Å². The molecule has 10 heteroatoms. The Balaban J connectivity index is 2.10. The molecule has 0 aliphatic carbocycles. The van der Waals surface area contributed by atoms with Crippen LogP contribution in [0.15, 0.2) is 50.1 Å². The number of hydrazone groups is 1. The van der Waals surface area contributed by atoms with E-state index in [1.165, 1.54) is 17.8 Å². The highest BCUT2D eigenvalue weighted by Gasteiger charge is 2.18. The topological polar surface area (TPSA) is 106 Å². The Morgan fingerprint density at radius 2 is 2.07 bits per heavy atom. The van der Waals surface area contributed by atoms with Gasteiger partial charge in [0.2, 0.25) is 5.95 Å². The summed E-state index contributed by atoms with van der Waals surface area (Å²) in [7, 11) is 2.96. The second-order valence-corrected chi connectivity index (χ2v) is 6.78. The number of nitrogens with one attached hydrogen (secondary N) is 1. The average Bonchev–Trinajstić information content (AvgIpc) is 3.01. The number of rotatable bonds is 5. The van der Waals surface area contributed by atoms with E-state index >= 15 is 0 Å². The van der Waals surface area contributed by atoms with Gasteiger partial charge in [0.1, 0.15) is 5.75 Å². The van der Waals surface area contributed by atoms with E-state index in [2.05, 4.69) is 15.5 Å². The molecule has 2 aromatic heterocycles. The number of halogens is 1. The number of hydrogen-bond donors (Lipinski definition) is 2. The summed E-state index contributed by atoms with van der Waals surface area (Å²) in [5.41, 5.74) is 3.03. The van der Waals surface area contributed by atoms with Crippen LogP contribution >= 0.6 is 11.6 Å². The van der Waals surface area contributed by atoms with Gasteiger partial charge in [0, 0.05) is 25.7 Å². The zero-order valence-electron chi connectivity index (χ0n) is 15.5. The lowest BCUT2D eigenvalue weighted by atomic mass is 10.2. The molecule has 9 nitrogen and oxygen atoms in total. The molecular formula is C18H19ClN6O3. The summed E-state index contributed by atoms with van der Waals surface area (Å²) in [6.07, 6.45) is 3.22. The van der Waals surface area contributed by atoms with E-state index in [1.807, 2.05) is 0 Å². The SMILES string of the molecule is CC(Cl)=CCn1c(NN=Cc2cccc(O)c2)nc2c1c(=O)n(C)c(=O)n2C. The Hall–Kier alpha value is -3.33. The monoisotopic (exact) mass is 402 g/mol. The Kier molecular flexibility index (Phi) is 5.36. The van der Waals surface area contributed by atoms with Crippen LogP contribution in [0.4, 0.5) is 5.95 Å². The Bertz CT molecular complexity index is 1210. The standard InChI is InChI=1S/C18H19ClN6O3/c1-11(19)7-8-25-14-15(23(2)18(28)24(3)16(14)27)21-17(25)22-20-10-12-5-4-6-13(26)9-12/h4-7,9-10,26H,8H2,1-3H3,(H,21,22). The van der Waals surface area contributed by atoms with Crippen molar-refractivity contribution in [3.63, 3.8) is 0 Å². The largest absolute Gasteiger partial charge is 0.508 e. The van der Waals surface area contributed by atoms with Crippen molar-refractivity contribution in [2.45, 2.75) is 13.5 Å². The van der Waals surface area contributed by atoms with Crippen molar-refractivity contribution in [3.8, 4) is 5.75 Å². The fourth-order valence-corrected chi connectivity index (χ4v) is 2.77. The molecule has 0 saturated heterocycles. The Morgan fingerprint density at radius 3 is 2.75 bits per heavy atom. The average molecular weight is 403 g/mol. The van der Waals surface area contributed by atoms with E-state index in [1.54, 1.807) is 48.9 Å². The number of benzene rings is 1. The number of aromatic nitrogens is 4. The molecule has 3 aromatic rings. The summed E-state index contributed by atoms with van der Waals surface area (Å²) >= 11 is 5.94. The molecule has 0 spiro atoms. The summed E-state index contributed by atoms with van der Waals surface area (Å²) in [6.45, 7) is 1.99. The van der Waals surface area contributed by atoms with Crippen molar-refractivity contribution in [2.75, 3.05) is 5.43 Å². The zero-order chi connectivity index (χ0) is 20.4. The minimum atomic E-state index is -0.471. The number of nitrogens with zero attached hydrogens (tertiary/aromatic N) is 5. The van der Waals surface area contributed by atoms with Crippen LogP contribution in [0, 0.1) is 0 Å². The number of aryl methyl sites for hydroxylation is 1. The van der Waals surface area contributed by atoms with Gasteiger partial charge in [0.15, 0.2) is 11.2 Å². The number of anilines is 1. The van der Waals surface area contributed by atoms with Gasteiger partial charge in [-0.15, -0.1) is 0 Å². The number of fused-ring (bicyclic) bond motifs is 1. The minimum Gasteiger partial charge on any atom is -0.508 e. The minimum absolute atomic E-state index is 0.123. The summed E-state index contributed by atoms with van der Waals surface area (Å²) in [5.74, 6) is 0.399. The maximum atomic E-state index is 12.7. The first-order valence-electron chi connectivity index (χ1n) is 8.36. The molecule has 0 radical (unpaired) electrons. The van der Waals surface area contributed by atoms with Gasteiger partial charge >= 0.3 is 5.69 Å². The van der Waals surface area contributed by atoms with E-state index in [0.29, 0.717) is 10.6 Å². The summed E-state index contributed by atoms with van der Waals surface area (Å²) in [4.78, 5) is 29.2. The van der Waals surface area contributed by atoms with E-state index in [9.17, 15) is 14.7 Å². The van der Waals surface area contributed by atoms with E-state index in [0.717, 1.165) is 4.57 Å². The quantitative estimate of drug-likeness (QED) is 0.499. The smallest absolute Gasteiger partial charge is 0.332 e. The van der Waals surface area contributed by atoms with Gasteiger partial charge in [-0.05, 0) is 24.6 Å². The first kappa shape index (κ1) is 19.4. The van der Waals surface area contributed by atoms with Gasteiger partial charge in [-0.3, -0.25) is 18.5 Å². The molecule has 3 rings (SSSR count). The molecule has 0 aliphatic heterocycles. The maximum Gasteiger partial charge on any atom is 0.332 e. The molecule has 0 saturated carbocycles. The number of hydrogen-bond acceptors (Lipinski definition) is 6. The van der Waals surface area contributed by atoms with Gasteiger partial charge in [0.05, 0.1) is 6.21 Å². The normalized spacial score (nSPS) is 12.2. The van der Waals surface area contributed by atoms with Gasteiger partial charge in [-0.2, -0.15) is 10.1 Å². The van der Waals surface area contributed by atoms with Crippen LogP contribution in [0.3, 0.4) is 0 Å². The third-order valence-corrected chi connectivity index (χ3v) is 4.31. The van der Waals surface area contributed by atoms with Crippen LogP contribution in [-0.2, 0) is 20.6 Å². The second kappa shape index (κ2) is 7.73. The van der Waals surface area contributed by atoms with Crippen LogP contribution in [0.5, 0.6) is 5.75 Å². The molecular weight excluding hydrogens is 384 g/mol. The first-order chi connectivity index (χ1) is 13.3. The van der Waals surface area contributed by atoms with Crippen LogP contribution in [0.2, 0.25) is 0 Å². The van der Waals surface area contributed by atoms with Crippen LogP contribution in [0.1, 0.15) is 12.5 Å². The Morgan fingerprint density at radius 1 is 1.32 bits per heavy atom. The van der Waals surface area contributed by atoms with Crippen LogP contribution in [-0.4, -0.2) is 30.0 Å².